The maximum Gasteiger partial charge on any atom is 0.0456 e. The van der Waals surface area contributed by atoms with Gasteiger partial charge in [-0.05, 0) is 35.8 Å². The number of nitrogens with one attached hydrogen (secondary N) is 2. The first-order valence-electron chi connectivity index (χ1n) is 7.29. The summed E-state index contributed by atoms with van der Waals surface area (Å²) in [5, 5.41) is 9.83. The molecular formula is C18H18N2. The van der Waals surface area contributed by atoms with Gasteiger partial charge in [0.25, 0.3) is 0 Å². The topological polar surface area (TPSA) is 24.1 Å². The van der Waals surface area contributed by atoms with Gasteiger partial charge in [0.1, 0.15) is 0 Å². The van der Waals surface area contributed by atoms with Crippen LogP contribution in [0.1, 0.15) is 18.4 Å². The fraction of sp³-hybridized carbons (Fsp3) is 0.222. The van der Waals surface area contributed by atoms with E-state index in [-0.39, 0.29) is 0 Å². The smallest absolute Gasteiger partial charge is 0.0456 e. The number of fused-ring (bicyclic) bond motifs is 2. The minimum absolute atomic E-state index is 0.721. The Labute approximate surface area is 118 Å². The van der Waals surface area contributed by atoms with Crippen LogP contribution in [0.3, 0.4) is 0 Å². The maximum absolute atomic E-state index is 3.62. The van der Waals surface area contributed by atoms with Crippen LogP contribution in [0.2, 0.25) is 0 Å². The first kappa shape index (κ1) is 11.7. The van der Waals surface area contributed by atoms with E-state index in [1.165, 1.54) is 40.2 Å². The van der Waals surface area contributed by atoms with Crippen molar-refractivity contribution in [2.24, 2.45) is 0 Å². The van der Waals surface area contributed by atoms with Crippen molar-refractivity contribution < 1.29 is 0 Å². The van der Waals surface area contributed by atoms with Gasteiger partial charge in [-0.15, -0.1) is 0 Å². The normalized spacial score (nSPS) is 16.5. The molecule has 2 heteroatoms. The van der Waals surface area contributed by atoms with Crippen LogP contribution in [0.5, 0.6) is 0 Å². The first-order valence-corrected chi connectivity index (χ1v) is 7.29. The van der Waals surface area contributed by atoms with E-state index in [1.807, 2.05) is 0 Å². The molecule has 0 atom stereocenters. The molecule has 1 aliphatic carbocycles. The van der Waals surface area contributed by atoms with Gasteiger partial charge in [0.15, 0.2) is 0 Å². The third kappa shape index (κ3) is 2.23. The molecule has 0 radical (unpaired) electrons. The maximum atomic E-state index is 3.62. The second-order valence-electron chi connectivity index (χ2n) is 5.58. The summed E-state index contributed by atoms with van der Waals surface area (Å²) in [5.74, 6) is 0. The van der Waals surface area contributed by atoms with E-state index in [0.29, 0.717) is 0 Å². The van der Waals surface area contributed by atoms with Crippen LogP contribution in [0, 0.1) is 0 Å². The molecule has 0 aromatic heterocycles. The van der Waals surface area contributed by atoms with Crippen LogP contribution >= 0.6 is 0 Å². The lowest BCUT2D eigenvalue weighted by Crippen LogP contribution is -2.33. The van der Waals surface area contributed by atoms with Crippen molar-refractivity contribution in [1.29, 1.82) is 0 Å². The monoisotopic (exact) mass is 262 g/mol. The molecular weight excluding hydrogens is 244 g/mol. The lowest BCUT2D eigenvalue weighted by Gasteiger charge is -2.12. The fourth-order valence-electron chi connectivity index (χ4n) is 2.71. The number of hydrogen-bond acceptors (Lipinski definition) is 2. The molecule has 1 saturated carbocycles. The van der Waals surface area contributed by atoms with E-state index in [2.05, 4.69) is 65.2 Å². The van der Waals surface area contributed by atoms with Crippen molar-refractivity contribution in [2.75, 3.05) is 11.9 Å². The van der Waals surface area contributed by atoms with Crippen LogP contribution in [-0.2, 0) is 0 Å². The molecule has 0 unspecified atom stereocenters. The summed E-state index contributed by atoms with van der Waals surface area (Å²) < 4.78 is 0. The molecule has 0 spiro atoms. The molecule has 0 amide bonds. The highest BCUT2D eigenvalue weighted by molar-refractivity contribution is 5.77. The third-order valence-electron chi connectivity index (χ3n) is 3.99. The molecule has 1 aliphatic heterocycles. The van der Waals surface area contributed by atoms with Gasteiger partial charge in [-0.3, -0.25) is 0 Å². The molecule has 4 rings (SSSR count). The second-order valence-corrected chi connectivity index (χ2v) is 5.58. The van der Waals surface area contributed by atoms with Crippen molar-refractivity contribution in [3.63, 3.8) is 0 Å². The predicted molar refractivity (Wildman–Crippen MR) is 83.8 cm³/mol. The highest BCUT2D eigenvalue weighted by Crippen LogP contribution is 2.21. The van der Waals surface area contributed by atoms with Gasteiger partial charge in [0, 0.05) is 29.2 Å². The van der Waals surface area contributed by atoms with Crippen molar-refractivity contribution in [3.05, 3.63) is 64.5 Å². The van der Waals surface area contributed by atoms with Crippen LogP contribution < -0.4 is 21.1 Å². The minimum Gasteiger partial charge on any atom is -0.357 e. The molecule has 2 aliphatic rings. The Bertz CT molecular complexity index is 757. The van der Waals surface area contributed by atoms with E-state index in [1.54, 1.807) is 0 Å². The molecule has 100 valence electrons. The summed E-state index contributed by atoms with van der Waals surface area (Å²) in [6.45, 7) is 0.907. The van der Waals surface area contributed by atoms with Gasteiger partial charge in [0.2, 0.25) is 0 Å². The number of benzene rings is 2. The summed E-state index contributed by atoms with van der Waals surface area (Å²) in [5.41, 5.74) is 3.71. The Kier molecular flexibility index (Phi) is 2.82. The number of hydrogen-bond donors (Lipinski definition) is 2. The average molecular weight is 262 g/mol. The third-order valence-corrected chi connectivity index (χ3v) is 3.99. The quantitative estimate of drug-likeness (QED) is 0.881. The van der Waals surface area contributed by atoms with E-state index >= 15 is 0 Å². The average Bonchev–Trinajstić information content (AvgIpc) is 3.31. The zero-order chi connectivity index (χ0) is 13.4. The van der Waals surface area contributed by atoms with Gasteiger partial charge in [-0.1, -0.05) is 42.5 Å². The zero-order valence-electron chi connectivity index (χ0n) is 11.4. The van der Waals surface area contributed by atoms with Crippen LogP contribution in [0.25, 0.3) is 11.8 Å². The van der Waals surface area contributed by atoms with Crippen molar-refractivity contribution in [3.8, 4) is 0 Å². The molecule has 20 heavy (non-hydrogen) atoms. The molecule has 2 aromatic carbocycles. The van der Waals surface area contributed by atoms with Gasteiger partial charge in [-0.25, -0.2) is 0 Å². The van der Waals surface area contributed by atoms with Gasteiger partial charge in [-0.2, -0.15) is 0 Å². The van der Waals surface area contributed by atoms with Gasteiger partial charge >= 0.3 is 0 Å². The Balaban J connectivity index is 1.85. The molecule has 2 aromatic rings. The second kappa shape index (κ2) is 4.80. The summed E-state index contributed by atoms with van der Waals surface area (Å²) in [6.07, 6.45) is 4.90. The largest absolute Gasteiger partial charge is 0.357 e. The van der Waals surface area contributed by atoms with Crippen LogP contribution in [0.4, 0.5) is 5.69 Å². The van der Waals surface area contributed by atoms with Crippen molar-refractivity contribution >= 4 is 17.5 Å². The van der Waals surface area contributed by atoms with E-state index in [0.717, 1.165) is 12.6 Å². The standard InChI is InChI=1S/C18H18N2/c1-3-7-16-13(5-1)11-14-6-2-4-8-17(14)20-18(16)12-19-15-9-10-15/h1-8,11,15,19-20H,9-10,12H2. The highest BCUT2D eigenvalue weighted by atomic mass is 15.0. The molecule has 1 fully saturated rings. The number of para-hydroxylation sites is 1. The van der Waals surface area contributed by atoms with Crippen molar-refractivity contribution in [2.45, 2.75) is 18.9 Å². The molecule has 2 nitrogen and oxygen atoms in total. The molecule has 1 heterocycles. The van der Waals surface area contributed by atoms with Gasteiger partial charge < -0.3 is 10.6 Å². The lowest BCUT2D eigenvalue weighted by atomic mass is 10.1. The fourth-order valence-corrected chi connectivity index (χ4v) is 2.71. The Morgan fingerprint density at radius 2 is 1.80 bits per heavy atom. The predicted octanol–water partition coefficient (Wildman–Crippen LogP) is 1.80. The van der Waals surface area contributed by atoms with E-state index in [4.69, 9.17) is 0 Å². The zero-order valence-corrected chi connectivity index (χ0v) is 11.4. The molecule has 0 saturated heterocycles. The van der Waals surface area contributed by atoms with Crippen LogP contribution in [0.15, 0.2) is 48.5 Å². The molecule has 2 N–H and O–H groups in total. The van der Waals surface area contributed by atoms with E-state index in [9.17, 15) is 0 Å². The summed E-state index contributed by atoms with van der Waals surface area (Å²) in [4.78, 5) is 0. The molecule has 0 bridgehead atoms. The SMILES string of the molecule is C1=c2ccccc2=C(CNC2CC2)Nc2ccccc21. The highest BCUT2D eigenvalue weighted by Gasteiger charge is 2.20. The van der Waals surface area contributed by atoms with Gasteiger partial charge in [0.05, 0.1) is 0 Å². The Morgan fingerprint density at radius 3 is 2.70 bits per heavy atom. The Hall–Kier alpha value is -2.06. The Morgan fingerprint density at radius 1 is 1.00 bits per heavy atom. The summed E-state index contributed by atoms with van der Waals surface area (Å²) in [7, 11) is 0. The number of rotatable bonds is 3. The van der Waals surface area contributed by atoms with Crippen molar-refractivity contribution in [1.82, 2.24) is 5.32 Å². The minimum atomic E-state index is 0.721. The first-order chi connectivity index (χ1) is 9.90. The van der Waals surface area contributed by atoms with Crippen LogP contribution in [-0.4, -0.2) is 12.6 Å². The van der Waals surface area contributed by atoms with E-state index < -0.39 is 0 Å². The number of anilines is 1. The lowest BCUT2D eigenvalue weighted by molar-refractivity contribution is 0.758. The summed E-state index contributed by atoms with van der Waals surface area (Å²) in [6, 6.07) is 17.8. The summed E-state index contributed by atoms with van der Waals surface area (Å²) >= 11 is 0.